The van der Waals surface area contributed by atoms with Gasteiger partial charge >= 0.3 is 6.09 Å². The van der Waals surface area contributed by atoms with Gasteiger partial charge in [0.05, 0.1) is 12.2 Å². The molecule has 1 aliphatic rings. The molecule has 0 atom stereocenters. The molecule has 5 aromatic rings. The number of carbonyl (C=O) groups excluding carboxylic acids is 1. The molecule has 1 fully saturated rings. The van der Waals surface area contributed by atoms with E-state index in [-0.39, 0.29) is 11.9 Å². The van der Waals surface area contributed by atoms with Gasteiger partial charge in [0.2, 0.25) is 0 Å². The van der Waals surface area contributed by atoms with Crippen LogP contribution in [0.25, 0.3) is 33.3 Å². The Morgan fingerprint density at radius 3 is 2.52 bits per heavy atom. The van der Waals surface area contributed by atoms with Gasteiger partial charge in [0, 0.05) is 53.8 Å². The number of H-pyrrole nitrogens is 1. The highest BCUT2D eigenvalue weighted by Gasteiger charge is 2.27. The normalized spacial score (nSPS) is 14.5. The highest BCUT2D eigenvalue weighted by Crippen LogP contribution is 2.34. The Bertz CT molecular complexity index is 1720. The van der Waals surface area contributed by atoms with Gasteiger partial charge in [-0.25, -0.2) is 14.2 Å². The lowest BCUT2D eigenvalue weighted by atomic mass is 9.88. The fourth-order valence-corrected chi connectivity index (χ4v) is 5.74. The Labute approximate surface area is 245 Å². The second-order valence-electron chi connectivity index (χ2n) is 12.1. The molecule has 1 saturated heterocycles. The number of aromatic amines is 1. The molecule has 0 bridgehead atoms. The van der Waals surface area contributed by atoms with E-state index in [2.05, 4.69) is 35.3 Å². The predicted octanol–water partition coefficient (Wildman–Crippen LogP) is 7.70. The average molecular weight is 566 g/mol. The number of fused-ring (bicyclic) bond motifs is 1. The van der Waals surface area contributed by atoms with Gasteiger partial charge in [0.25, 0.3) is 0 Å². The Kier molecular flexibility index (Phi) is 7.31. The first kappa shape index (κ1) is 27.7. The van der Waals surface area contributed by atoms with Crippen molar-refractivity contribution in [1.82, 2.24) is 24.6 Å². The van der Waals surface area contributed by atoms with Gasteiger partial charge in [-0.2, -0.15) is 5.10 Å². The van der Waals surface area contributed by atoms with Gasteiger partial charge in [0.1, 0.15) is 17.1 Å². The Morgan fingerprint density at radius 2 is 1.81 bits per heavy atom. The van der Waals surface area contributed by atoms with Crippen LogP contribution in [0.1, 0.15) is 56.4 Å². The second-order valence-corrected chi connectivity index (χ2v) is 12.1. The Hall–Kier alpha value is -4.46. The van der Waals surface area contributed by atoms with Crippen LogP contribution in [0.5, 0.6) is 0 Å². The van der Waals surface area contributed by atoms with E-state index in [4.69, 9.17) is 14.8 Å². The van der Waals surface area contributed by atoms with E-state index in [0.29, 0.717) is 25.6 Å². The number of halogens is 1. The first-order valence-corrected chi connectivity index (χ1v) is 14.5. The minimum absolute atomic E-state index is 0.225. The number of aromatic nitrogens is 4. The molecule has 0 radical (unpaired) electrons. The summed E-state index contributed by atoms with van der Waals surface area (Å²) in [5, 5.41) is 5.72. The van der Waals surface area contributed by atoms with Crippen LogP contribution < -0.4 is 0 Å². The molecule has 4 heterocycles. The highest BCUT2D eigenvalue weighted by molar-refractivity contribution is 5.96. The van der Waals surface area contributed by atoms with Crippen LogP contribution in [-0.2, 0) is 11.3 Å². The maximum absolute atomic E-state index is 13.7. The molecule has 2 aromatic carbocycles. The summed E-state index contributed by atoms with van der Waals surface area (Å²) in [7, 11) is 0. The molecule has 6 rings (SSSR count). The average Bonchev–Trinajstić information content (AvgIpc) is 3.54. The van der Waals surface area contributed by atoms with E-state index in [0.717, 1.165) is 57.4 Å². The zero-order valence-corrected chi connectivity index (χ0v) is 24.5. The quantitative estimate of drug-likeness (QED) is 0.237. The van der Waals surface area contributed by atoms with Gasteiger partial charge < -0.3 is 14.6 Å². The molecule has 216 valence electrons. The minimum atomic E-state index is -0.478. The van der Waals surface area contributed by atoms with Gasteiger partial charge in [-0.1, -0.05) is 36.4 Å². The third-order valence-corrected chi connectivity index (χ3v) is 7.86. The molecule has 0 saturated carbocycles. The van der Waals surface area contributed by atoms with Gasteiger partial charge in [-0.15, -0.1) is 0 Å². The topological polar surface area (TPSA) is 76.0 Å². The predicted molar refractivity (Wildman–Crippen MR) is 163 cm³/mol. The maximum atomic E-state index is 13.7. The zero-order valence-electron chi connectivity index (χ0n) is 24.5. The first-order chi connectivity index (χ1) is 20.1. The summed E-state index contributed by atoms with van der Waals surface area (Å²) in [4.78, 5) is 22.3. The standard InChI is InChI=1S/C34H36FN5O2/c1-22-31(21-40(38-22)20-23-6-5-7-28(35)16-23)30-19-37-32-29(30)17-27(18-36-32)25-10-8-24(9-11-25)26-12-14-39(15-13-26)33(41)42-34(2,3)4/h5-11,16-19,21,26H,12-15,20H2,1-4H3,(H,36,37). The number of hydrogen-bond donors (Lipinski definition) is 1. The summed E-state index contributed by atoms with van der Waals surface area (Å²) >= 11 is 0. The summed E-state index contributed by atoms with van der Waals surface area (Å²) in [6, 6.07) is 17.5. The number of carbonyl (C=O) groups is 1. The summed E-state index contributed by atoms with van der Waals surface area (Å²) in [6.45, 7) is 9.59. The molecular weight excluding hydrogens is 529 g/mol. The number of likely N-dealkylation sites (tertiary alicyclic amines) is 1. The molecule has 1 N–H and O–H groups in total. The SMILES string of the molecule is Cc1nn(Cc2cccc(F)c2)cc1-c1c[nH]c2ncc(-c3ccc(C4CCN(C(=O)OC(C)(C)C)CC4)cc3)cc12. The van der Waals surface area contributed by atoms with Crippen LogP contribution >= 0.6 is 0 Å². The first-order valence-electron chi connectivity index (χ1n) is 14.5. The van der Waals surface area contributed by atoms with Crippen LogP contribution in [0.4, 0.5) is 9.18 Å². The van der Waals surface area contributed by atoms with E-state index in [1.807, 2.05) is 61.9 Å². The highest BCUT2D eigenvalue weighted by atomic mass is 19.1. The number of pyridine rings is 1. The molecule has 0 unspecified atom stereocenters. The van der Waals surface area contributed by atoms with Crippen LogP contribution in [0.2, 0.25) is 0 Å². The Morgan fingerprint density at radius 1 is 1.05 bits per heavy atom. The second kappa shape index (κ2) is 11.1. The number of nitrogens with one attached hydrogen (secondary N) is 1. The molecule has 0 aliphatic carbocycles. The van der Waals surface area contributed by atoms with Crippen molar-refractivity contribution in [1.29, 1.82) is 0 Å². The van der Waals surface area contributed by atoms with Crippen LogP contribution in [0.3, 0.4) is 0 Å². The molecule has 8 heteroatoms. The van der Waals surface area contributed by atoms with Crippen molar-refractivity contribution in [2.75, 3.05) is 13.1 Å². The van der Waals surface area contributed by atoms with Crippen molar-refractivity contribution in [3.05, 3.63) is 95.8 Å². The summed E-state index contributed by atoms with van der Waals surface area (Å²) in [6.07, 6.45) is 7.51. The van der Waals surface area contributed by atoms with Crippen molar-refractivity contribution in [2.45, 2.75) is 58.6 Å². The number of ether oxygens (including phenoxy) is 1. The number of rotatable bonds is 5. The van der Waals surface area contributed by atoms with E-state index in [9.17, 15) is 9.18 Å². The summed E-state index contributed by atoms with van der Waals surface area (Å²) in [5.74, 6) is 0.171. The third kappa shape index (κ3) is 5.93. The lowest BCUT2D eigenvalue weighted by molar-refractivity contribution is 0.0205. The molecular formula is C34H36FN5O2. The Balaban J connectivity index is 1.18. The van der Waals surface area contributed by atoms with Gasteiger partial charge in [-0.05, 0) is 81.3 Å². The minimum Gasteiger partial charge on any atom is -0.444 e. The van der Waals surface area contributed by atoms with Crippen molar-refractivity contribution < 1.29 is 13.9 Å². The van der Waals surface area contributed by atoms with Gasteiger partial charge in [-0.3, -0.25) is 4.68 Å². The third-order valence-electron chi connectivity index (χ3n) is 7.86. The maximum Gasteiger partial charge on any atom is 0.410 e. The van der Waals surface area contributed by atoms with E-state index < -0.39 is 5.60 Å². The number of nitrogens with zero attached hydrogens (tertiary/aromatic N) is 4. The zero-order chi connectivity index (χ0) is 29.4. The van der Waals surface area contributed by atoms with Crippen molar-refractivity contribution >= 4 is 17.1 Å². The van der Waals surface area contributed by atoms with Crippen molar-refractivity contribution in [3.8, 4) is 22.3 Å². The van der Waals surface area contributed by atoms with Gasteiger partial charge in [0.15, 0.2) is 0 Å². The van der Waals surface area contributed by atoms with Crippen molar-refractivity contribution in [2.24, 2.45) is 0 Å². The fraction of sp³-hybridized carbons (Fsp3) is 0.324. The molecule has 1 amide bonds. The summed E-state index contributed by atoms with van der Waals surface area (Å²) < 4.78 is 21.1. The molecule has 1 aliphatic heterocycles. The number of benzene rings is 2. The number of hydrogen-bond acceptors (Lipinski definition) is 4. The smallest absolute Gasteiger partial charge is 0.410 e. The lowest BCUT2D eigenvalue weighted by Crippen LogP contribution is -2.41. The molecule has 7 nitrogen and oxygen atoms in total. The lowest BCUT2D eigenvalue weighted by Gasteiger charge is -2.33. The van der Waals surface area contributed by atoms with E-state index >= 15 is 0 Å². The van der Waals surface area contributed by atoms with E-state index in [1.165, 1.54) is 17.7 Å². The monoisotopic (exact) mass is 565 g/mol. The molecule has 3 aromatic heterocycles. The number of piperidine rings is 1. The van der Waals surface area contributed by atoms with Crippen LogP contribution in [0, 0.1) is 12.7 Å². The summed E-state index contributed by atoms with van der Waals surface area (Å²) in [5.41, 5.74) is 7.60. The van der Waals surface area contributed by atoms with Crippen LogP contribution in [-0.4, -0.2) is 49.4 Å². The van der Waals surface area contributed by atoms with E-state index in [1.54, 1.807) is 6.07 Å². The largest absolute Gasteiger partial charge is 0.444 e. The molecule has 42 heavy (non-hydrogen) atoms. The number of amides is 1. The van der Waals surface area contributed by atoms with Crippen molar-refractivity contribution in [3.63, 3.8) is 0 Å². The van der Waals surface area contributed by atoms with Crippen LogP contribution in [0.15, 0.2) is 73.2 Å². The molecule has 0 spiro atoms. The fourth-order valence-electron chi connectivity index (χ4n) is 5.74. The number of aryl methyl sites for hydroxylation is 1.